The number of nitrogens with zero attached hydrogens (tertiary/aromatic N) is 5. The normalized spacial score (nSPS) is 19.7. The Morgan fingerprint density at radius 2 is 1.76 bits per heavy atom. The molecule has 4 rings (SSSR count). The summed E-state index contributed by atoms with van der Waals surface area (Å²) in [5, 5.41) is 4.48. The molecule has 6 heteroatoms. The molecule has 1 aliphatic heterocycles. The molecule has 5 nitrogen and oxygen atoms in total. The van der Waals surface area contributed by atoms with E-state index in [-0.39, 0.29) is 0 Å². The number of hydrogen-bond acceptors (Lipinski definition) is 4. The molecule has 0 amide bonds. The van der Waals surface area contributed by atoms with Crippen molar-refractivity contribution >= 4 is 18.3 Å². The number of hydrogen-bond donors (Lipinski definition) is 0. The molecule has 0 atom stereocenters. The molecule has 2 fully saturated rings. The fraction of sp³-hybridized carbons (Fsp3) is 0.474. The molecule has 132 valence electrons. The van der Waals surface area contributed by atoms with E-state index in [0.717, 1.165) is 44.2 Å². The molecule has 25 heavy (non-hydrogen) atoms. The smallest absolute Gasteiger partial charge is 0.199 e. The van der Waals surface area contributed by atoms with Crippen molar-refractivity contribution in [3.8, 4) is 0 Å². The lowest BCUT2D eigenvalue weighted by Crippen LogP contribution is -2.46. The standard InChI is InChI=1S/C19H25N5S/c25-19-23(18-8-9-18)15-20-24(19)16-22-13-11-21(12-14-22)10-4-7-17-5-2-1-3-6-17/h1-7,15,18H,8-14,16H2/b7-4+. The summed E-state index contributed by atoms with van der Waals surface area (Å²) in [5.74, 6) is 0. The van der Waals surface area contributed by atoms with E-state index in [1.54, 1.807) is 0 Å². The van der Waals surface area contributed by atoms with Crippen LogP contribution in [0.4, 0.5) is 0 Å². The minimum Gasteiger partial charge on any atom is -0.303 e. The van der Waals surface area contributed by atoms with Gasteiger partial charge < -0.3 is 4.57 Å². The second kappa shape index (κ2) is 7.64. The summed E-state index contributed by atoms with van der Waals surface area (Å²) >= 11 is 5.55. The van der Waals surface area contributed by atoms with Crippen LogP contribution in [-0.2, 0) is 6.67 Å². The fourth-order valence-corrected chi connectivity index (χ4v) is 3.56. The topological polar surface area (TPSA) is 29.2 Å². The maximum atomic E-state index is 5.55. The Morgan fingerprint density at radius 1 is 1.04 bits per heavy atom. The van der Waals surface area contributed by atoms with Crippen LogP contribution in [0.3, 0.4) is 0 Å². The van der Waals surface area contributed by atoms with Crippen molar-refractivity contribution in [3.05, 3.63) is 53.1 Å². The monoisotopic (exact) mass is 355 g/mol. The minimum absolute atomic E-state index is 0.606. The summed E-state index contributed by atoms with van der Waals surface area (Å²) in [6.07, 6.45) is 8.86. The first kappa shape index (κ1) is 16.7. The summed E-state index contributed by atoms with van der Waals surface area (Å²) in [5.41, 5.74) is 1.27. The lowest BCUT2D eigenvalue weighted by atomic mass is 10.2. The van der Waals surface area contributed by atoms with Crippen LogP contribution < -0.4 is 0 Å². The lowest BCUT2D eigenvalue weighted by Gasteiger charge is -2.33. The average molecular weight is 356 g/mol. The maximum absolute atomic E-state index is 5.55. The highest BCUT2D eigenvalue weighted by Crippen LogP contribution is 2.34. The van der Waals surface area contributed by atoms with Crippen molar-refractivity contribution in [3.63, 3.8) is 0 Å². The molecular weight excluding hydrogens is 330 g/mol. The first-order chi connectivity index (χ1) is 12.3. The van der Waals surface area contributed by atoms with Crippen molar-refractivity contribution in [1.82, 2.24) is 24.1 Å². The van der Waals surface area contributed by atoms with Gasteiger partial charge in [-0.2, -0.15) is 5.10 Å². The zero-order valence-electron chi connectivity index (χ0n) is 14.5. The Bertz CT molecular complexity index is 767. The molecule has 2 aromatic rings. The second-order valence-electron chi connectivity index (χ2n) is 6.92. The maximum Gasteiger partial charge on any atom is 0.199 e. The van der Waals surface area contributed by atoms with Crippen LogP contribution in [-0.4, -0.2) is 56.9 Å². The van der Waals surface area contributed by atoms with Crippen molar-refractivity contribution in [2.24, 2.45) is 0 Å². The largest absolute Gasteiger partial charge is 0.303 e. The molecule has 0 N–H and O–H groups in total. The predicted octanol–water partition coefficient (Wildman–Crippen LogP) is 3.04. The van der Waals surface area contributed by atoms with Gasteiger partial charge in [0.25, 0.3) is 0 Å². The summed E-state index contributed by atoms with van der Waals surface area (Å²) < 4.78 is 4.99. The minimum atomic E-state index is 0.606. The molecule has 1 saturated carbocycles. The Morgan fingerprint density at radius 3 is 2.48 bits per heavy atom. The van der Waals surface area contributed by atoms with E-state index in [0.29, 0.717) is 6.04 Å². The first-order valence-corrected chi connectivity index (χ1v) is 9.51. The highest BCUT2D eigenvalue weighted by atomic mass is 32.1. The third-order valence-corrected chi connectivity index (χ3v) is 5.39. The van der Waals surface area contributed by atoms with Crippen molar-refractivity contribution in [2.75, 3.05) is 32.7 Å². The van der Waals surface area contributed by atoms with Crippen LogP contribution >= 0.6 is 12.2 Å². The molecule has 0 bridgehead atoms. The van der Waals surface area contributed by atoms with E-state index in [9.17, 15) is 0 Å². The third kappa shape index (κ3) is 4.26. The Balaban J connectivity index is 1.24. The zero-order chi connectivity index (χ0) is 17.1. The van der Waals surface area contributed by atoms with E-state index < -0.39 is 0 Å². The van der Waals surface area contributed by atoms with Gasteiger partial charge in [-0.3, -0.25) is 9.80 Å². The summed E-state index contributed by atoms with van der Waals surface area (Å²) in [6.45, 7) is 6.14. The molecule has 0 spiro atoms. The van der Waals surface area contributed by atoms with Crippen LogP contribution in [0, 0.1) is 4.77 Å². The van der Waals surface area contributed by atoms with Crippen LogP contribution in [0.15, 0.2) is 42.7 Å². The molecule has 0 radical (unpaired) electrons. The number of rotatable bonds is 6. The summed E-state index contributed by atoms with van der Waals surface area (Å²) in [7, 11) is 0. The SMILES string of the molecule is S=c1n(C2CC2)cnn1CN1CCN(C/C=C/c2ccccc2)CC1. The number of benzene rings is 1. The fourth-order valence-electron chi connectivity index (χ4n) is 3.25. The molecule has 1 aliphatic carbocycles. The molecule has 2 aliphatic rings. The number of aromatic nitrogens is 3. The van der Waals surface area contributed by atoms with Gasteiger partial charge in [0.15, 0.2) is 4.77 Å². The first-order valence-electron chi connectivity index (χ1n) is 9.10. The second-order valence-corrected chi connectivity index (χ2v) is 7.29. The highest BCUT2D eigenvalue weighted by Gasteiger charge is 2.25. The van der Waals surface area contributed by atoms with Gasteiger partial charge in [0.1, 0.15) is 6.33 Å². The van der Waals surface area contributed by atoms with Gasteiger partial charge >= 0.3 is 0 Å². The zero-order valence-corrected chi connectivity index (χ0v) is 15.3. The molecule has 1 aromatic heterocycles. The molecule has 1 aromatic carbocycles. The lowest BCUT2D eigenvalue weighted by molar-refractivity contribution is 0.110. The summed E-state index contributed by atoms with van der Waals surface area (Å²) in [4.78, 5) is 4.94. The van der Waals surface area contributed by atoms with Crippen LogP contribution in [0.25, 0.3) is 6.08 Å². The van der Waals surface area contributed by atoms with E-state index in [1.165, 1.54) is 18.4 Å². The van der Waals surface area contributed by atoms with Gasteiger partial charge in [-0.25, -0.2) is 4.68 Å². The van der Waals surface area contributed by atoms with Gasteiger partial charge in [0.2, 0.25) is 0 Å². The quantitative estimate of drug-likeness (QED) is 0.745. The van der Waals surface area contributed by atoms with Gasteiger partial charge in [-0.15, -0.1) is 0 Å². The Kier molecular flexibility index (Phi) is 5.10. The Hall–Kier alpha value is -1.76. The van der Waals surface area contributed by atoms with Crippen LogP contribution in [0.2, 0.25) is 0 Å². The predicted molar refractivity (Wildman–Crippen MR) is 103 cm³/mol. The highest BCUT2D eigenvalue weighted by molar-refractivity contribution is 7.71. The number of piperazine rings is 1. The van der Waals surface area contributed by atoms with Gasteiger partial charge in [0, 0.05) is 38.8 Å². The molecular formula is C19H25N5S. The van der Waals surface area contributed by atoms with Crippen molar-refractivity contribution in [2.45, 2.75) is 25.6 Å². The van der Waals surface area contributed by atoms with Crippen molar-refractivity contribution in [1.29, 1.82) is 0 Å². The van der Waals surface area contributed by atoms with Gasteiger partial charge in [-0.05, 0) is 30.6 Å². The van der Waals surface area contributed by atoms with Crippen LogP contribution in [0.5, 0.6) is 0 Å². The molecule has 2 heterocycles. The average Bonchev–Trinajstić information content (AvgIpc) is 3.42. The van der Waals surface area contributed by atoms with Crippen LogP contribution in [0.1, 0.15) is 24.4 Å². The van der Waals surface area contributed by atoms with Crippen molar-refractivity contribution < 1.29 is 0 Å². The molecule has 0 unspecified atom stereocenters. The van der Waals surface area contributed by atoms with E-state index in [4.69, 9.17) is 12.2 Å². The molecule has 1 saturated heterocycles. The van der Waals surface area contributed by atoms with Gasteiger partial charge in [0.05, 0.1) is 6.67 Å². The van der Waals surface area contributed by atoms with E-state index in [1.807, 2.05) is 11.0 Å². The third-order valence-electron chi connectivity index (χ3n) is 4.97. The van der Waals surface area contributed by atoms with E-state index in [2.05, 4.69) is 61.9 Å². The van der Waals surface area contributed by atoms with Gasteiger partial charge in [-0.1, -0.05) is 42.5 Å². The summed E-state index contributed by atoms with van der Waals surface area (Å²) in [6, 6.07) is 11.1. The van der Waals surface area contributed by atoms with E-state index >= 15 is 0 Å². The Labute approximate surface area is 154 Å².